The number of rotatable bonds is 5. The van der Waals surface area contributed by atoms with Crippen molar-refractivity contribution in [3.05, 3.63) is 36.3 Å². The number of hydrogen-bond donors (Lipinski definition) is 1. The first-order valence-electron chi connectivity index (χ1n) is 4.17. The topological polar surface area (TPSA) is 49.0 Å². The van der Waals surface area contributed by atoms with Crippen LogP contribution in [0.3, 0.4) is 0 Å². The van der Waals surface area contributed by atoms with Gasteiger partial charge >= 0.3 is 0 Å². The van der Waals surface area contributed by atoms with Crippen molar-refractivity contribution in [2.75, 3.05) is 6.54 Å². The van der Waals surface area contributed by atoms with Gasteiger partial charge < -0.3 is 9.73 Å². The molecule has 0 saturated heterocycles. The van der Waals surface area contributed by atoms with E-state index in [0.717, 1.165) is 18.7 Å². The second-order valence-corrected chi connectivity index (χ2v) is 2.63. The molecular formula is C10H12N2O. The summed E-state index contributed by atoms with van der Waals surface area (Å²) in [6, 6.07) is 5.41. The fourth-order valence-electron chi connectivity index (χ4n) is 0.949. The van der Waals surface area contributed by atoms with E-state index in [1.54, 1.807) is 12.1 Å². The lowest BCUT2D eigenvalue weighted by Crippen LogP contribution is -2.13. The summed E-state index contributed by atoms with van der Waals surface area (Å²) in [4.78, 5) is 0. The third-order valence-electron chi connectivity index (χ3n) is 1.60. The van der Waals surface area contributed by atoms with Crippen molar-refractivity contribution in [2.24, 2.45) is 0 Å². The molecule has 1 rings (SSSR count). The van der Waals surface area contributed by atoms with E-state index >= 15 is 0 Å². The van der Waals surface area contributed by atoms with E-state index in [4.69, 9.17) is 9.68 Å². The maximum atomic E-state index is 8.48. The number of nitriles is 1. The molecule has 0 bridgehead atoms. The number of nitrogens with zero attached hydrogens (tertiary/aromatic N) is 1. The zero-order chi connectivity index (χ0) is 9.52. The average Bonchev–Trinajstić information content (AvgIpc) is 2.60. The van der Waals surface area contributed by atoms with Gasteiger partial charge in [0.15, 0.2) is 0 Å². The summed E-state index contributed by atoms with van der Waals surface area (Å²) < 4.78 is 5.16. The molecule has 0 aliphatic carbocycles. The molecule has 1 N–H and O–H groups in total. The van der Waals surface area contributed by atoms with Crippen LogP contribution in [0.1, 0.15) is 17.9 Å². The van der Waals surface area contributed by atoms with Gasteiger partial charge in [0.05, 0.1) is 6.54 Å². The van der Waals surface area contributed by atoms with E-state index in [1.807, 2.05) is 12.1 Å². The highest BCUT2D eigenvalue weighted by molar-refractivity contribution is 5.18. The van der Waals surface area contributed by atoms with Crippen molar-refractivity contribution in [2.45, 2.75) is 13.0 Å². The smallest absolute Gasteiger partial charge is 0.203 e. The van der Waals surface area contributed by atoms with E-state index in [2.05, 4.69) is 11.9 Å². The first-order chi connectivity index (χ1) is 6.36. The van der Waals surface area contributed by atoms with Crippen molar-refractivity contribution < 1.29 is 4.42 Å². The van der Waals surface area contributed by atoms with Crippen LogP contribution in [0.2, 0.25) is 0 Å². The molecule has 68 valence electrons. The molecule has 3 heteroatoms. The summed E-state index contributed by atoms with van der Waals surface area (Å²) in [7, 11) is 0. The van der Waals surface area contributed by atoms with Gasteiger partial charge in [0.1, 0.15) is 11.8 Å². The molecule has 0 amide bonds. The second-order valence-electron chi connectivity index (χ2n) is 2.63. The normalized spacial score (nSPS) is 9.46. The second kappa shape index (κ2) is 5.18. The van der Waals surface area contributed by atoms with Crippen LogP contribution >= 0.6 is 0 Å². The van der Waals surface area contributed by atoms with Gasteiger partial charge in [-0.2, -0.15) is 5.26 Å². The third-order valence-corrected chi connectivity index (χ3v) is 1.60. The molecule has 0 aliphatic rings. The fraction of sp³-hybridized carbons (Fsp3) is 0.300. The zero-order valence-corrected chi connectivity index (χ0v) is 7.42. The molecule has 1 aromatic heterocycles. The summed E-state index contributed by atoms with van der Waals surface area (Å²) in [6.45, 7) is 5.16. The van der Waals surface area contributed by atoms with Crippen LogP contribution in [0.25, 0.3) is 0 Å². The highest BCUT2D eigenvalue weighted by atomic mass is 16.3. The SMILES string of the molecule is C=CCCNCc1ccc(C#N)o1. The number of nitrogens with one attached hydrogen (secondary N) is 1. The quantitative estimate of drug-likeness (QED) is 0.550. The standard InChI is InChI=1S/C10H12N2O/c1-2-3-6-12-8-10-5-4-9(7-11)13-10/h2,4-5,12H,1,3,6,8H2. The van der Waals surface area contributed by atoms with Crippen molar-refractivity contribution in [1.82, 2.24) is 5.32 Å². The average molecular weight is 176 g/mol. The lowest BCUT2D eigenvalue weighted by Gasteiger charge is -1.98. The van der Waals surface area contributed by atoms with Gasteiger partial charge in [0.25, 0.3) is 0 Å². The molecule has 1 aromatic rings. The Hall–Kier alpha value is -1.53. The van der Waals surface area contributed by atoms with Crippen LogP contribution < -0.4 is 5.32 Å². The zero-order valence-electron chi connectivity index (χ0n) is 7.42. The van der Waals surface area contributed by atoms with E-state index in [-0.39, 0.29) is 0 Å². The molecule has 0 spiro atoms. The Kier molecular flexibility index (Phi) is 3.80. The first-order valence-corrected chi connectivity index (χ1v) is 4.17. The van der Waals surface area contributed by atoms with Crippen molar-refractivity contribution in [1.29, 1.82) is 5.26 Å². The van der Waals surface area contributed by atoms with Crippen LogP contribution in [0.15, 0.2) is 29.2 Å². The highest BCUT2D eigenvalue weighted by Gasteiger charge is 1.98. The lowest BCUT2D eigenvalue weighted by atomic mass is 10.4. The van der Waals surface area contributed by atoms with E-state index < -0.39 is 0 Å². The molecule has 3 nitrogen and oxygen atoms in total. The maximum absolute atomic E-state index is 8.48. The Morgan fingerprint density at radius 3 is 3.08 bits per heavy atom. The minimum absolute atomic E-state index is 0.362. The van der Waals surface area contributed by atoms with Crippen LogP contribution in [0.4, 0.5) is 0 Å². The van der Waals surface area contributed by atoms with Gasteiger partial charge in [-0.3, -0.25) is 0 Å². The molecule has 0 atom stereocenters. The Balaban J connectivity index is 2.29. The predicted octanol–water partition coefficient (Wildman–Crippen LogP) is 1.82. The molecule has 0 unspecified atom stereocenters. The third kappa shape index (κ3) is 3.14. The Morgan fingerprint density at radius 2 is 2.46 bits per heavy atom. The molecule has 0 radical (unpaired) electrons. The summed E-state index contributed by atoms with van der Waals surface area (Å²) in [5.41, 5.74) is 0. The van der Waals surface area contributed by atoms with Gasteiger partial charge in [-0.15, -0.1) is 6.58 Å². The largest absolute Gasteiger partial charge is 0.449 e. The maximum Gasteiger partial charge on any atom is 0.203 e. The van der Waals surface area contributed by atoms with Crippen molar-refractivity contribution >= 4 is 0 Å². The Bertz CT molecular complexity index is 309. The molecule has 0 aliphatic heterocycles. The summed E-state index contributed by atoms with van der Waals surface area (Å²) in [5.74, 6) is 1.15. The number of hydrogen-bond acceptors (Lipinski definition) is 3. The van der Waals surface area contributed by atoms with E-state index in [9.17, 15) is 0 Å². The fourth-order valence-corrected chi connectivity index (χ4v) is 0.949. The van der Waals surface area contributed by atoms with E-state index in [0.29, 0.717) is 12.3 Å². The van der Waals surface area contributed by atoms with Gasteiger partial charge in [-0.25, -0.2) is 0 Å². The summed E-state index contributed by atoms with van der Waals surface area (Å²) in [5, 5.41) is 11.6. The van der Waals surface area contributed by atoms with Crippen LogP contribution in [0.5, 0.6) is 0 Å². The van der Waals surface area contributed by atoms with Gasteiger partial charge in [0.2, 0.25) is 5.76 Å². The van der Waals surface area contributed by atoms with Gasteiger partial charge in [-0.1, -0.05) is 6.08 Å². The van der Waals surface area contributed by atoms with Crippen molar-refractivity contribution in [3.8, 4) is 6.07 Å². The molecule has 1 heterocycles. The van der Waals surface area contributed by atoms with Crippen LogP contribution in [0, 0.1) is 11.3 Å². The van der Waals surface area contributed by atoms with Crippen LogP contribution in [-0.4, -0.2) is 6.54 Å². The van der Waals surface area contributed by atoms with Crippen LogP contribution in [-0.2, 0) is 6.54 Å². The predicted molar refractivity (Wildman–Crippen MR) is 49.9 cm³/mol. The molecule has 0 fully saturated rings. The minimum atomic E-state index is 0.362. The highest BCUT2D eigenvalue weighted by Crippen LogP contribution is 2.05. The van der Waals surface area contributed by atoms with E-state index in [1.165, 1.54) is 0 Å². The van der Waals surface area contributed by atoms with Gasteiger partial charge in [-0.05, 0) is 25.1 Å². The monoisotopic (exact) mass is 176 g/mol. The summed E-state index contributed by atoms with van der Waals surface area (Å²) in [6.07, 6.45) is 2.79. The van der Waals surface area contributed by atoms with Crippen molar-refractivity contribution in [3.63, 3.8) is 0 Å². The lowest BCUT2D eigenvalue weighted by molar-refractivity contribution is 0.475. The van der Waals surface area contributed by atoms with Gasteiger partial charge in [0, 0.05) is 0 Å². The first kappa shape index (κ1) is 9.56. The minimum Gasteiger partial charge on any atom is -0.449 e. The summed E-state index contributed by atoms with van der Waals surface area (Å²) >= 11 is 0. The Labute approximate surface area is 77.7 Å². The molecule has 0 saturated carbocycles. The Morgan fingerprint density at radius 1 is 1.62 bits per heavy atom. The molecule has 0 aromatic carbocycles. The molecular weight excluding hydrogens is 164 g/mol. The number of furan rings is 1. The molecule has 13 heavy (non-hydrogen) atoms.